The molecule has 0 spiro atoms. The maximum absolute atomic E-state index is 14.0. The molecule has 1 aromatic heterocycles. The van der Waals surface area contributed by atoms with Gasteiger partial charge in [0, 0.05) is 34.1 Å². The normalized spacial score (nSPS) is 11.9. The van der Waals surface area contributed by atoms with Gasteiger partial charge in [-0.15, -0.1) is 0 Å². The van der Waals surface area contributed by atoms with Crippen LogP contribution in [0.25, 0.3) is 11.0 Å². The fourth-order valence-corrected chi connectivity index (χ4v) is 4.35. The SMILES string of the molecule is O=C(NCc1ccc(F)cc1F)c1ccc(I)cc1N(c1cccc2nccnc12)S(=O)O. The van der Waals surface area contributed by atoms with E-state index in [1.807, 2.05) is 22.6 Å². The first kappa shape index (κ1) is 23.1. The van der Waals surface area contributed by atoms with Crippen molar-refractivity contribution in [2.45, 2.75) is 6.54 Å². The van der Waals surface area contributed by atoms with E-state index >= 15 is 0 Å². The zero-order valence-corrected chi connectivity index (χ0v) is 19.7. The van der Waals surface area contributed by atoms with Crippen LogP contribution in [0.1, 0.15) is 15.9 Å². The number of aromatic nitrogens is 2. The zero-order valence-electron chi connectivity index (χ0n) is 16.7. The predicted octanol–water partition coefficient (Wildman–Crippen LogP) is 4.72. The molecule has 1 heterocycles. The minimum Gasteiger partial charge on any atom is -0.348 e. The van der Waals surface area contributed by atoms with Gasteiger partial charge in [-0.2, -0.15) is 0 Å². The summed E-state index contributed by atoms with van der Waals surface area (Å²) >= 11 is -0.536. The Labute approximate surface area is 203 Å². The number of rotatable bonds is 6. The average Bonchev–Trinajstić information content (AvgIpc) is 2.78. The second-order valence-electron chi connectivity index (χ2n) is 6.81. The van der Waals surface area contributed by atoms with E-state index in [1.165, 1.54) is 24.5 Å². The molecule has 0 fully saturated rings. The summed E-state index contributed by atoms with van der Waals surface area (Å²) in [4.78, 5) is 21.5. The van der Waals surface area contributed by atoms with Crippen LogP contribution in [0.5, 0.6) is 0 Å². The van der Waals surface area contributed by atoms with Gasteiger partial charge in [0.1, 0.15) is 17.2 Å². The van der Waals surface area contributed by atoms with Gasteiger partial charge < -0.3 is 5.32 Å². The van der Waals surface area contributed by atoms with Crippen molar-refractivity contribution >= 4 is 62.2 Å². The van der Waals surface area contributed by atoms with E-state index in [-0.39, 0.29) is 29.0 Å². The van der Waals surface area contributed by atoms with E-state index < -0.39 is 28.8 Å². The molecule has 7 nitrogen and oxygen atoms in total. The molecule has 4 aromatic rings. The van der Waals surface area contributed by atoms with Gasteiger partial charge >= 0.3 is 0 Å². The average molecular weight is 580 g/mol. The summed E-state index contributed by atoms with van der Waals surface area (Å²) in [6.07, 6.45) is 2.97. The minimum absolute atomic E-state index is 0.0845. The van der Waals surface area contributed by atoms with E-state index in [4.69, 9.17) is 0 Å². The Balaban J connectivity index is 1.74. The number of para-hydroxylation sites is 1. The highest BCUT2D eigenvalue weighted by atomic mass is 127. The van der Waals surface area contributed by atoms with E-state index in [2.05, 4.69) is 15.3 Å². The van der Waals surface area contributed by atoms with Gasteiger partial charge in [-0.25, -0.2) is 17.3 Å². The van der Waals surface area contributed by atoms with Crippen molar-refractivity contribution in [3.8, 4) is 0 Å². The Hall–Kier alpha value is -3.03. The van der Waals surface area contributed by atoms with Gasteiger partial charge in [0.2, 0.25) is 0 Å². The number of carbonyl (C=O) groups excluding carboxylic acids is 1. The lowest BCUT2D eigenvalue weighted by atomic mass is 10.1. The standard InChI is InChI=1S/C22H15F2IN4O3S/c23-14-5-4-13(17(24)10-14)12-28-22(30)16-7-6-15(25)11-20(16)29(33(31)32)19-3-1-2-18-21(19)27-9-8-26-18/h1-11H,12H2,(H,28,30)(H,31,32). The van der Waals surface area contributed by atoms with E-state index in [0.717, 1.165) is 16.4 Å². The molecule has 1 amide bonds. The third kappa shape index (κ3) is 4.99. The molecule has 33 heavy (non-hydrogen) atoms. The number of carbonyl (C=O) groups is 1. The molecule has 4 rings (SSSR count). The van der Waals surface area contributed by atoms with E-state index in [1.54, 1.807) is 30.3 Å². The summed E-state index contributed by atoms with van der Waals surface area (Å²) in [5.74, 6) is -2.11. The van der Waals surface area contributed by atoms with Crippen LogP contribution in [-0.2, 0) is 17.8 Å². The summed E-state index contributed by atoms with van der Waals surface area (Å²) < 4.78 is 51.5. The Morgan fingerprint density at radius 1 is 1.06 bits per heavy atom. The van der Waals surface area contributed by atoms with E-state index in [9.17, 15) is 22.3 Å². The van der Waals surface area contributed by atoms with Crippen molar-refractivity contribution in [1.29, 1.82) is 0 Å². The molecule has 11 heteroatoms. The maximum Gasteiger partial charge on any atom is 0.266 e. The van der Waals surface area contributed by atoms with Crippen molar-refractivity contribution in [2.75, 3.05) is 4.31 Å². The number of anilines is 2. The Morgan fingerprint density at radius 2 is 1.85 bits per heavy atom. The molecule has 0 radical (unpaired) electrons. The van der Waals surface area contributed by atoms with Crippen LogP contribution in [-0.4, -0.2) is 24.6 Å². The highest BCUT2D eigenvalue weighted by Crippen LogP contribution is 2.34. The number of nitrogens with one attached hydrogen (secondary N) is 1. The lowest BCUT2D eigenvalue weighted by molar-refractivity contribution is 0.0951. The summed E-state index contributed by atoms with van der Waals surface area (Å²) in [7, 11) is 0. The summed E-state index contributed by atoms with van der Waals surface area (Å²) in [5, 5.41) is 2.58. The molecule has 1 unspecified atom stereocenters. The van der Waals surface area contributed by atoms with Crippen LogP contribution in [0.15, 0.2) is 67.0 Å². The quantitative estimate of drug-likeness (QED) is 0.255. The molecule has 0 saturated carbocycles. The van der Waals surface area contributed by atoms with Crippen LogP contribution >= 0.6 is 22.6 Å². The Morgan fingerprint density at radius 3 is 2.61 bits per heavy atom. The monoisotopic (exact) mass is 580 g/mol. The van der Waals surface area contributed by atoms with Crippen LogP contribution in [0, 0.1) is 15.2 Å². The van der Waals surface area contributed by atoms with Gasteiger partial charge in [-0.05, 0) is 59.0 Å². The first-order valence-electron chi connectivity index (χ1n) is 9.47. The van der Waals surface area contributed by atoms with Crippen molar-refractivity contribution in [3.05, 3.63) is 93.3 Å². The van der Waals surface area contributed by atoms with Crippen LogP contribution in [0.2, 0.25) is 0 Å². The Bertz CT molecular complexity index is 1380. The smallest absolute Gasteiger partial charge is 0.266 e. The van der Waals surface area contributed by atoms with Crippen LogP contribution in [0.4, 0.5) is 20.2 Å². The number of halogens is 3. The van der Waals surface area contributed by atoms with Gasteiger partial charge in [0.05, 0.1) is 22.5 Å². The third-order valence-electron chi connectivity index (χ3n) is 4.73. The fourth-order valence-electron chi connectivity index (χ4n) is 3.24. The second-order valence-corrected chi connectivity index (χ2v) is 8.88. The van der Waals surface area contributed by atoms with Crippen LogP contribution < -0.4 is 9.62 Å². The lowest BCUT2D eigenvalue weighted by Crippen LogP contribution is -2.28. The summed E-state index contributed by atoms with van der Waals surface area (Å²) in [5.41, 5.74) is 1.50. The van der Waals surface area contributed by atoms with Gasteiger partial charge in [0.25, 0.3) is 17.2 Å². The molecule has 1 atom stereocenters. The Kier molecular flexibility index (Phi) is 6.91. The van der Waals surface area contributed by atoms with Crippen molar-refractivity contribution in [1.82, 2.24) is 15.3 Å². The maximum atomic E-state index is 14.0. The molecule has 0 aliphatic heterocycles. The molecule has 0 aliphatic carbocycles. The van der Waals surface area contributed by atoms with Crippen molar-refractivity contribution < 1.29 is 22.3 Å². The minimum atomic E-state index is -2.56. The molecule has 0 bridgehead atoms. The molecule has 2 N–H and O–H groups in total. The van der Waals surface area contributed by atoms with Gasteiger partial charge in [0.15, 0.2) is 0 Å². The molecular formula is C22H15F2IN4O3S. The molecular weight excluding hydrogens is 565 g/mol. The predicted molar refractivity (Wildman–Crippen MR) is 129 cm³/mol. The number of benzene rings is 3. The van der Waals surface area contributed by atoms with Crippen molar-refractivity contribution in [3.63, 3.8) is 0 Å². The second kappa shape index (κ2) is 9.85. The van der Waals surface area contributed by atoms with Crippen LogP contribution in [0.3, 0.4) is 0 Å². The molecule has 0 saturated heterocycles. The summed E-state index contributed by atoms with van der Waals surface area (Å²) in [6.45, 7) is -0.196. The third-order valence-corrected chi connectivity index (χ3v) is 6.11. The number of nitrogens with zero attached hydrogens (tertiary/aromatic N) is 3. The topological polar surface area (TPSA) is 95.4 Å². The highest BCUT2D eigenvalue weighted by molar-refractivity contribution is 14.1. The first-order chi connectivity index (χ1) is 15.8. The first-order valence-corrected chi connectivity index (χ1v) is 11.6. The van der Waals surface area contributed by atoms with Gasteiger partial charge in [-0.3, -0.25) is 19.3 Å². The highest BCUT2D eigenvalue weighted by Gasteiger charge is 2.24. The molecule has 0 aliphatic rings. The van der Waals surface area contributed by atoms with Crippen molar-refractivity contribution in [2.24, 2.45) is 0 Å². The number of fused-ring (bicyclic) bond motifs is 1. The summed E-state index contributed by atoms with van der Waals surface area (Å²) in [6, 6.07) is 12.8. The molecule has 3 aromatic carbocycles. The van der Waals surface area contributed by atoms with Gasteiger partial charge in [-0.1, -0.05) is 12.1 Å². The number of hydrogen-bond acceptors (Lipinski definition) is 4. The zero-order chi connectivity index (χ0) is 23.5. The number of amides is 1. The number of hydrogen-bond donors (Lipinski definition) is 2. The molecule has 168 valence electrons. The van der Waals surface area contributed by atoms with E-state index in [0.29, 0.717) is 14.6 Å². The fraction of sp³-hybridized carbons (Fsp3) is 0.0455. The largest absolute Gasteiger partial charge is 0.348 e. The lowest BCUT2D eigenvalue weighted by Gasteiger charge is -2.23.